The predicted octanol–water partition coefficient (Wildman–Crippen LogP) is 3.75. The zero-order valence-electron chi connectivity index (χ0n) is 10.7. The van der Waals surface area contributed by atoms with Gasteiger partial charge in [0.15, 0.2) is 0 Å². The average Bonchev–Trinajstić information content (AvgIpc) is 2.34. The van der Waals surface area contributed by atoms with Crippen molar-refractivity contribution in [3.8, 4) is 0 Å². The normalized spacial score (nSPS) is 14.7. The van der Waals surface area contributed by atoms with Crippen LogP contribution in [0.4, 0.5) is 5.69 Å². The molecule has 1 aliphatic rings. The minimum Gasteiger partial charge on any atom is -0.335 e. The fourth-order valence-electron chi connectivity index (χ4n) is 2.21. The number of benzene rings is 1. The van der Waals surface area contributed by atoms with Crippen LogP contribution in [0.2, 0.25) is 0 Å². The van der Waals surface area contributed by atoms with Crippen LogP contribution < -0.4 is 0 Å². The molecule has 20 heavy (non-hydrogen) atoms. The van der Waals surface area contributed by atoms with Crippen molar-refractivity contribution >= 4 is 43.5 Å². The number of alkyl halides is 1. The topological polar surface area (TPSA) is 63.4 Å². The van der Waals surface area contributed by atoms with E-state index in [-0.39, 0.29) is 17.6 Å². The van der Waals surface area contributed by atoms with Gasteiger partial charge in [0, 0.05) is 40.1 Å². The Bertz CT molecular complexity index is 532. The Morgan fingerprint density at radius 2 is 2.10 bits per heavy atom. The van der Waals surface area contributed by atoms with Gasteiger partial charge in [-0.05, 0) is 25.3 Å². The van der Waals surface area contributed by atoms with Crippen molar-refractivity contribution in [1.29, 1.82) is 0 Å². The van der Waals surface area contributed by atoms with Crippen molar-refractivity contribution in [2.75, 3.05) is 11.9 Å². The molecule has 1 fully saturated rings. The van der Waals surface area contributed by atoms with Crippen LogP contribution in [0.5, 0.6) is 0 Å². The molecule has 0 atom stereocenters. The van der Waals surface area contributed by atoms with Crippen LogP contribution in [-0.4, -0.2) is 33.6 Å². The molecule has 1 saturated carbocycles. The molecule has 0 N–H and O–H groups in total. The molecule has 0 aliphatic heterocycles. The van der Waals surface area contributed by atoms with E-state index in [4.69, 9.17) is 0 Å². The van der Waals surface area contributed by atoms with Gasteiger partial charge in [0.05, 0.1) is 4.92 Å². The lowest BCUT2D eigenvalue weighted by Crippen LogP contribution is -2.45. The second-order valence-electron chi connectivity index (χ2n) is 4.73. The monoisotopic (exact) mass is 404 g/mol. The average molecular weight is 406 g/mol. The minimum absolute atomic E-state index is 0.0740. The van der Waals surface area contributed by atoms with Gasteiger partial charge in [0.25, 0.3) is 11.6 Å². The van der Waals surface area contributed by atoms with E-state index >= 15 is 0 Å². The number of nitro groups is 1. The van der Waals surface area contributed by atoms with Gasteiger partial charge in [-0.1, -0.05) is 31.9 Å². The number of rotatable bonds is 5. The lowest BCUT2D eigenvalue weighted by atomic mass is 9.91. The van der Waals surface area contributed by atoms with Gasteiger partial charge in [-0.2, -0.15) is 0 Å². The number of amides is 1. The third kappa shape index (κ3) is 3.38. The number of non-ortho nitro benzene ring substituents is 1. The Kier molecular flexibility index (Phi) is 5.15. The summed E-state index contributed by atoms with van der Waals surface area (Å²) in [6.45, 7) is 0.615. The molecule has 0 aromatic heterocycles. The molecule has 1 aliphatic carbocycles. The van der Waals surface area contributed by atoms with Crippen molar-refractivity contribution in [2.45, 2.75) is 25.3 Å². The van der Waals surface area contributed by atoms with Gasteiger partial charge in [0.1, 0.15) is 0 Å². The van der Waals surface area contributed by atoms with Crippen LogP contribution in [0, 0.1) is 10.1 Å². The van der Waals surface area contributed by atoms with E-state index in [0.29, 0.717) is 21.9 Å². The zero-order valence-corrected chi connectivity index (χ0v) is 13.9. The number of carbonyl (C=O) groups excluding carboxylic acids is 1. The molecule has 1 aromatic carbocycles. The first-order valence-electron chi connectivity index (χ1n) is 6.35. The van der Waals surface area contributed by atoms with E-state index in [1.54, 1.807) is 6.07 Å². The third-order valence-corrected chi connectivity index (χ3v) is 4.25. The van der Waals surface area contributed by atoms with E-state index < -0.39 is 4.92 Å². The van der Waals surface area contributed by atoms with Crippen molar-refractivity contribution in [1.82, 2.24) is 4.90 Å². The number of hydrogen-bond donors (Lipinski definition) is 0. The Hall–Kier alpha value is -0.950. The fourth-order valence-corrected chi connectivity index (χ4v) is 3.07. The summed E-state index contributed by atoms with van der Waals surface area (Å²) in [4.78, 5) is 24.8. The maximum atomic E-state index is 12.6. The quantitative estimate of drug-likeness (QED) is 0.425. The number of hydrogen-bond acceptors (Lipinski definition) is 3. The van der Waals surface area contributed by atoms with Crippen LogP contribution in [0.3, 0.4) is 0 Å². The van der Waals surface area contributed by atoms with Crippen molar-refractivity contribution in [3.05, 3.63) is 38.3 Å². The first-order valence-corrected chi connectivity index (χ1v) is 8.26. The summed E-state index contributed by atoms with van der Waals surface area (Å²) in [5.74, 6) is -0.140. The first kappa shape index (κ1) is 15.4. The van der Waals surface area contributed by atoms with E-state index in [1.807, 2.05) is 4.90 Å². The standard InChI is InChI=1S/C13H14Br2N2O3/c14-4-5-16(11-2-1-3-11)13(18)9-6-10(15)8-12(7-9)17(19)20/h6-8,11H,1-5H2. The van der Waals surface area contributed by atoms with Gasteiger partial charge in [0.2, 0.25) is 0 Å². The Morgan fingerprint density at radius 1 is 1.40 bits per heavy atom. The summed E-state index contributed by atoms with van der Waals surface area (Å²) in [6, 6.07) is 4.63. The smallest absolute Gasteiger partial charge is 0.271 e. The Labute approximate surface area is 133 Å². The van der Waals surface area contributed by atoms with Gasteiger partial charge in [-0.25, -0.2) is 0 Å². The van der Waals surface area contributed by atoms with E-state index in [1.165, 1.54) is 12.1 Å². The second kappa shape index (κ2) is 6.67. The number of carbonyl (C=O) groups is 1. The molecular weight excluding hydrogens is 392 g/mol. The number of halogens is 2. The largest absolute Gasteiger partial charge is 0.335 e. The van der Waals surface area contributed by atoms with Gasteiger partial charge >= 0.3 is 0 Å². The van der Waals surface area contributed by atoms with E-state index in [2.05, 4.69) is 31.9 Å². The van der Waals surface area contributed by atoms with Crippen molar-refractivity contribution in [3.63, 3.8) is 0 Å². The highest BCUT2D eigenvalue weighted by Gasteiger charge is 2.29. The van der Waals surface area contributed by atoms with Gasteiger partial charge in [-0.3, -0.25) is 14.9 Å². The summed E-state index contributed by atoms with van der Waals surface area (Å²) in [5.41, 5.74) is 0.286. The van der Waals surface area contributed by atoms with Crippen LogP contribution >= 0.6 is 31.9 Å². The molecule has 1 aromatic rings. The Balaban J connectivity index is 2.28. The molecule has 2 rings (SSSR count). The summed E-state index contributed by atoms with van der Waals surface area (Å²) >= 11 is 6.57. The fraction of sp³-hybridized carbons (Fsp3) is 0.462. The third-order valence-electron chi connectivity index (χ3n) is 3.44. The molecule has 108 valence electrons. The highest BCUT2D eigenvalue weighted by Crippen LogP contribution is 2.28. The maximum absolute atomic E-state index is 12.6. The van der Waals surface area contributed by atoms with Crippen LogP contribution in [0.15, 0.2) is 22.7 Å². The summed E-state index contributed by atoms with van der Waals surface area (Å²) in [7, 11) is 0. The minimum atomic E-state index is -0.486. The zero-order chi connectivity index (χ0) is 14.7. The number of nitro benzene ring substituents is 1. The van der Waals surface area contributed by atoms with Gasteiger partial charge < -0.3 is 4.90 Å². The Morgan fingerprint density at radius 3 is 2.60 bits per heavy atom. The molecule has 0 radical (unpaired) electrons. The molecule has 0 saturated heterocycles. The van der Waals surface area contributed by atoms with E-state index in [0.717, 1.165) is 19.3 Å². The lowest BCUT2D eigenvalue weighted by Gasteiger charge is -2.37. The molecule has 7 heteroatoms. The molecule has 1 amide bonds. The molecular formula is C13H14Br2N2O3. The molecule has 0 heterocycles. The van der Waals surface area contributed by atoms with E-state index in [9.17, 15) is 14.9 Å². The first-order chi connectivity index (χ1) is 9.52. The molecule has 0 bridgehead atoms. The second-order valence-corrected chi connectivity index (χ2v) is 6.44. The molecule has 0 spiro atoms. The van der Waals surface area contributed by atoms with Crippen LogP contribution in [-0.2, 0) is 0 Å². The summed E-state index contributed by atoms with van der Waals surface area (Å²) in [5, 5.41) is 11.6. The lowest BCUT2D eigenvalue weighted by molar-refractivity contribution is -0.385. The van der Waals surface area contributed by atoms with Crippen molar-refractivity contribution < 1.29 is 9.72 Å². The van der Waals surface area contributed by atoms with Crippen LogP contribution in [0.1, 0.15) is 29.6 Å². The predicted molar refractivity (Wildman–Crippen MR) is 83.3 cm³/mol. The van der Waals surface area contributed by atoms with Crippen LogP contribution in [0.25, 0.3) is 0 Å². The highest BCUT2D eigenvalue weighted by molar-refractivity contribution is 9.10. The molecule has 0 unspecified atom stereocenters. The maximum Gasteiger partial charge on any atom is 0.271 e. The number of nitrogens with zero attached hydrogens (tertiary/aromatic N) is 2. The SMILES string of the molecule is O=C(c1cc(Br)cc([N+](=O)[O-])c1)N(CCBr)C1CCC1. The highest BCUT2D eigenvalue weighted by atomic mass is 79.9. The van der Waals surface area contributed by atoms with Gasteiger partial charge in [-0.15, -0.1) is 0 Å². The van der Waals surface area contributed by atoms with Crippen molar-refractivity contribution in [2.24, 2.45) is 0 Å². The summed E-state index contributed by atoms with van der Waals surface area (Å²) < 4.78 is 0.544. The molecule has 5 nitrogen and oxygen atoms in total. The summed E-state index contributed by atoms with van der Waals surface area (Å²) in [6.07, 6.45) is 3.15.